The molecule has 1 rings (SSSR count). The van der Waals surface area contributed by atoms with Crippen LogP contribution >= 0.6 is 22.6 Å². The zero-order chi connectivity index (χ0) is 8.43. The number of hydrogen-bond acceptors (Lipinski definition) is 2. The number of nitrogen functional groups attached to an aromatic ring is 1. The molecule has 0 aromatic carbocycles. The molecule has 0 saturated heterocycles. The van der Waals surface area contributed by atoms with E-state index in [-0.39, 0.29) is 11.3 Å². The van der Waals surface area contributed by atoms with Gasteiger partial charge in [-0.3, -0.25) is 0 Å². The number of nitrogens with zero attached hydrogens (tertiary/aromatic N) is 1. The van der Waals surface area contributed by atoms with E-state index in [9.17, 15) is 8.78 Å². The van der Waals surface area contributed by atoms with Gasteiger partial charge in [0.2, 0.25) is 0 Å². The van der Waals surface area contributed by atoms with Crippen LogP contribution in [-0.4, -0.2) is 4.98 Å². The van der Waals surface area contributed by atoms with Gasteiger partial charge in [0.25, 0.3) is 6.43 Å². The molecule has 0 radical (unpaired) electrons. The zero-order valence-electron chi connectivity index (χ0n) is 5.39. The number of hydrogen-bond donors (Lipinski definition) is 1. The molecule has 0 amide bonds. The molecule has 2 N–H and O–H groups in total. The van der Waals surface area contributed by atoms with Crippen LogP contribution in [0.25, 0.3) is 0 Å². The summed E-state index contributed by atoms with van der Waals surface area (Å²) in [4.78, 5) is 3.75. The van der Waals surface area contributed by atoms with Gasteiger partial charge in [-0.05, 0) is 28.7 Å². The fourth-order valence-corrected chi connectivity index (χ4v) is 1.12. The lowest BCUT2D eigenvalue weighted by Gasteiger charge is -2.03. The number of alkyl halides is 2. The molecule has 1 aromatic heterocycles. The van der Waals surface area contributed by atoms with Crippen molar-refractivity contribution in [1.29, 1.82) is 0 Å². The van der Waals surface area contributed by atoms with Crippen LogP contribution in [0.2, 0.25) is 0 Å². The van der Waals surface area contributed by atoms with E-state index in [1.807, 2.05) is 22.6 Å². The molecule has 0 aliphatic heterocycles. The summed E-state index contributed by atoms with van der Waals surface area (Å²) in [5.41, 5.74) is 5.26. The van der Waals surface area contributed by atoms with Gasteiger partial charge in [0, 0.05) is 11.8 Å². The Morgan fingerprint density at radius 1 is 1.55 bits per heavy atom. The van der Waals surface area contributed by atoms with E-state index in [0.717, 1.165) is 0 Å². The van der Waals surface area contributed by atoms with Crippen molar-refractivity contribution < 1.29 is 8.78 Å². The molecule has 0 aliphatic rings. The van der Waals surface area contributed by atoms with E-state index in [1.54, 1.807) is 0 Å². The molecule has 0 aliphatic carbocycles. The second kappa shape index (κ2) is 3.29. The molecule has 1 aromatic rings. The van der Waals surface area contributed by atoms with E-state index in [1.165, 1.54) is 12.3 Å². The largest absolute Gasteiger partial charge is 0.396 e. The maximum atomic E-state index is 12.1. The highest BCUT2D eigenvalue weighted by Gasteiger charge is 2.12. The first-order valence-electron chi connectivity index (χ1n) is 2.81. The second-order valence-electron chi connectivity index (χ2n) is 1.91. The summed E-state index contributed by atoms with van der Waals surface area (Å²) in [7, 11) is 0. The second-order valence-corrected chi connectivity index (χ2v) is 2.93. The maximum absolute atomic E-state index is 12.1. The van der Waals surface area contributed by atoms with Crippen molar-refractivity contribution in [3.05, 3.63) is 21.5 Å². The summed E-state index contributed by atoms with van der Waals surface area (Å²) in [6.45, 7) is 0. The smallest absolute Gasteiger partial charge is 0.265 e. The molecule has 0 bridgehead atoms. The first-order valence-corrected chi connectivity index (χ1v) is 3.89. The summed E-state index contributed by atoms with van der Waals surface area (Å²) >= 11 is 1.81. The van der Waals surface area contributed by atoms with Gasteiger partial charge in [-0.1, -0.05) is 0 Å². The predicted octanol–water partition coefficient (Wildman–Crippen LogP) is 2.21. The van der Waals surface area contributed by atoms with E-state index >= 15 is 0 Å². The number of halogens is 3. The summed E-state index contributed by atoms with van der Waals surface area (Å²) in [6, 6.07) is 1.22. The quantitative estimate of drug-likeness (QED) is 0.627. The Hall–Kier alpha value is -0.460. The molecular formula is C6H5F2IN2. The highest BCUT2D eigenvalue weighted by molar-refractivity contribution is 14.1. The minimum absolute atomic E-state index is 0.0723. The van der Waals surface area contributed by atoms with Crippen molar-refractivity contribution in [2.45, 2.75) is 6.43 Å². The molecular weight excluding hydrogens is 265 g/mol. The third kappa shape index (κ3) is 1.76. The Bertz CT molecular complexity index is 265. The predicted molar refractivity (Wildman–Crippen MR) is 46.3 cm³/mol. The minimum atomic E-state index is -2.52. The number of pyridine rings is 1. The highest BCUT2D eigenvalue weighted by atomic mass is 127. The Balaban J connectivity index is 3.17. The summed E-state index contributed by atoms with van der Waals surface area (Å²) < 4.78 is 24.6. The number of rotatable bonds is 1. The summed E-state index contributed by atoms with van der Waals surface area (Å²) in [5, 5.41) is 0. The first-order chi connectivity index (χ1) is 5.13. The van der Waals surface area contributed by atoms with E-state index in [2.05, 4.69) is 4.98 Å². The number of anilines is 1. The van der Waals surface area contributed by atoms with Crippen molar-refractivity contribution >= 4 is 28.3 Å². The molecule has 5 heteroatoms. The molecule has 0 unspecified atom stereocenters. The van der Waals surface area contributed by atoms with Gasteiger partial charge >= 0.3 is 0 Å². The van der Waals surface area contributed by atoms with Crippen LogP contribution < -0.4 is 5.73 Å². The van der Waals surface area contributed by atoms with Gasteiger partial charge in [0.1, 0.15) is 3.70 Å². The lowest BCUT2D eigenvalue weighted by Crippen LogP contribution is -1.98. The molecule has 11 heavy (non-hydrogen) atoms. The van der Waals surface area contributed by atoms with Crippen molar-refractivity contribution in [1.82, 2.24) is 4.98 Å². The standard InChI is InChI=1S/C6H5F2IN2/c7-5(8)3-1-2-11-6(9)4(3)10/h1-2,5H,10H2. The van der Waals surface area contributed by atoms with E-state index < -0.39 is 6.43 Å². The SMILES string of the molecule is Nc1c(C(F)F)ccnc1I. The van der Waals surface area contributed by atoms with Gasteiger partial charge in [-0.15, -0.1) is 0 Å². The highest BCUT2D eigenvalue weighted by Crippen LogP contribution is 2.26. The van der Waals surface area contributed by atoms with Gasteiger partial charge in [-0.2, -0.15) is 0 Å². The van der Waals surface area contributed by atoms with Crippen LogP contribution in [0.4, 0.5) is 14.5 Å². The fourth-order valence-electron chi connectivity index (χ4n) is 0.652. The van der Waals surface area contributed by atoms with E-state index in [4.69, 9.17) is 5.73 Å². The zero-order valence-corrected chi connectivity index (χ0v) is 7.55. The molecule has 0 spiro atoms. The molecule has 1 heterocycles. The molecule has 0 fully saturated rings. The normalized spacial score (nSPS) is 10.5. The van der Waals surface area contributed by atoms with Crippen molar-refractivity contribution in [2.24, 2.45) is 0 Å². The molecule has 60 valence electrons. The van der Waals surface area contributed by atoms with Gasteiger partial charge in [0.15, 0.2) is 0 Å². The Morgan fingerprint density at radius 2 is 2.18 bits per heavy atom. The van der Waals surface area contributed by atoms with E-state index in [0.29, 0.717) is 3.70 Å². The molecule has 2 nitrogen and oxygen atoms in total. The Kier molecular flexibility index (Phi) is 2.58. The molecule has 0 saturated carbocycles. The van der Waals surface area contributed by atoms with Crippen molar-refractivity contribution in [3.8, 4) is 0 Å². The third-order valence-corrected chi connectivity index (χ3v) is 2.07. The van der Waals surface area contributed by atoms with Crippen LogP contribution in [-0.2, 0) is 0 Å². The average Bonchev–Trinajstić information content (AvgIpc) is 1.94. The topological polar surface area (TPSA) is 38.9 Å². The first kappa shape index (κ1) is 8.63. The Morgan fingerprint density at radius 3 is 2.64 bits per heavy atom. The minimum Gasteiger partial charge on any atom is -0.396 e. The third-order valence-electron chi connectivity index (χ3n) is 1.21. The number of nitrogens with two attached hydrogens (primary N) is 1. The van der Waals surface area contributed by atoms with Gasteiger partial charge in [0.05, 0.1) is 5.69 Å². The molecule has 0 atom stereocenters. The maximum Gasteiger partial charge on any atom is 0.265 e. The van der Waals surface area contributed by atoms with Gasteiger partial charge in [-0.25, -0.2) is 13.8 Å². The average molecular weight is 270 g/mol. The monoisotopic (exact) mass is 270 g/mol. The number of aromatic nitrogens is 1. The Labute approximate surface area is 75.9 Å². The van der Waals surface area contributed by atoms with Crippen LogP contribution in [0.15, 0.2) is 12.3 Å². The van der Waals surface area contributed by atoms with Crippen LogP contribution in [0.5, 0.6) is 0 Å². The lowest BCUT2D eigenvalue weighted by atomic mass is 10.2. The van der Waals surface area contributed by atoms with Crippen molar-refractivity contribution in [2.75, 3.05) is 5.73 Å². The fraction of sp³-hybridized carbons (Fsp3) is 0.167. The lowest BCUT2D eigenvalue weighted by molar-refractivity contribution is 0.152. The summed E-state index contributed by atoms with van der Waals surface area (Å²) in [6.07, 6.45) is -1.20. The van der Waals surface area contributed by atoms with Crippen molar-refractivity contribution in [3.63, 3.8) is 0 Å². The summed E-state index contributed by atoms with van der Waals surface area (Å²) in [5.74, 6) is 0. The van der Waals surface area contributed by atoms with Crippen LogP contribution in [0.1, 0.15) is 12.0 Å². The van der Waals surface area contributed by atoms with Gasteiger partial charge < -0.3 is 5.73 Å². The van der Waals surface area contributed by atoms with Crippen LogP contribution in [0.3, 0.4) is 0 Å². The van der Waals surface area contributed by atoms with Crippen LogP contribution in [0, 0.1) is 3.70 Å².